The van der Waals surface area contributed by atoms with Crippen LogP contribution in [0.25, 0.3) is 0 Å². The molecule has 1 atom stereocenters. The Morgan fingerprint density at radius 3 is 2.58 bits per heavy atom. The van der Waals surface area contributed by atoms with Crippen LogP contribution in [0.3, 0.4) is 0 Å². The maximum atomic E-state index is 12.1. The van der Waals surface area contributed by atoms with Crippen molar-refractivity contribution in [1.82, 2.24) is 0 Å². The first-order valence-electron chi connectivity index (χ1n) is 8.04. The van der Waals surface area contributed by atoms with E-state index in [-0.39, 0.29) is 18.6 Å². The number of hydrogen-bond donors (Lipinski definition) is 2. The summed E-state index contributed by atoms with van der Waals surface area (Å²) in [7, 11) is 0. The summed E-state index contributed by atoms with van der Waals surface area (Å²) in [6, 6.07) is 13.0. The predicted molar refractivity (Wildman–Crippen MR) is 100 cm³/mol. The summed E-state index contributed by atoms with van der Waals surface area (Å²) in [5.74, 6) is 0.703. The highest BCUT2D eigenvalue weighted by molar-refractivity contribution is 6.31. The number of halogens is 1. The lowest BCUT2D eigenvalue weighted by Crippen LogP contribution is -2.22. The molecule has 2 N–H and O–H groups in total. The molecule has 0 bridgehead atoms. The zero-order valence-corrected chi connectivity index (χ0v) is 15.0. The summed E-state index contributed by atoms with van der Waals surface area (Å²) in [4.78, 5) is 12.1. The molecule has 0 saturated carbocycles. The summed E-state index contributed by atoms with van der Waals surface area (Å²) >= 11 is 5.96. The van der Waals surface area contributed by atoms with E-state index in [2.05, 4.69) is 17.6 Å². The third-order valence-electron chi connectivity index (χ3n) is 3.69. The van der Waals surface area contributed by atoms with E-state index in [1.54, 1.807) is 12.1 Å². The van der Waals surface area contributed by atoms with Gasteiger partial charge in [-0.05, 0) is 62.2 Å². The van der Waals surface area contributed by atoms with Crippen LogP contribution >= 0.6 is 11.6 Å². The number of nitrogens with one attached hydrogen (secondary N) is 2. The second kappa shape index (κ2) is 8.60. The van der Waals surface area contributed by atoms with Gasteiger partial charge >= 0.3 is 0 Å². The molecule has 5 heteroatoms. The molecule has 0 radical (unpaired) electrons. The van der Waals surface area contributed by atoms with Crippen molar-refractivity contribution in [2.75, 3.05) is 17.2 Å². The summed E-state index contributed by atoms with van der Waals surface area (Å²) in [5.41, 5.74) is 2.57. The van der Waals surface area contributed by atoms with Crippen molar-refractivity contribution >= 4 is 28.9 Å². The second-order valence-corrected chi connectivity index (χ2v) is 6.16. The fraction of sp³-hybridized carbons (Fsp3) is 0.316. The molecule has 2 aromatic rings. The van der Waals surface area contributed by atoms with E-state index >= 15 is 0 Å². The molecule has 0 saturated heterocycles. The van der Waals surface area contributed by atoms with E-state index < -0.39 is 0 Å². The van der Waals surface area contributed by atoms with Crippen LogP contribution in [0, 0.1) is 6.92 Å². The Bertz CT molecular complexity index is 686. The number of hydrogen-bond acceptors (Lipinski definition) is 3. The minimum Gasteiger partial charge on any atom is -0.491 e. The van der Waals surface area contributed by atoms with Crippen LogP contribution in [0.5, 0.6) is 5.75 Å². The summed E-state index contributed by atoms with van der Waals surface area (Å²) in [6.07, 6.45) is 1.15. The van der Waals surface area contributed by atoms with Gasteiger partial charge in [-0.1, -0.05) is 24.6 Å². The van der Waals surface area contributed by atoms with Crippen molar-refractivity contribution in [2.24, 2.45) is 0 Å². The summed E-state index contributed by atoms with van der Waals surface area (Å²) < 4.78 is 5.73. The Morgan fingerprint density at radius 1 is 1.21 bits per heavy atom. The maximum Gasteiger partial charge on any atom is 0.243 e. The van der Waals surface area contributed by atoms with Gasteiger partial charge < -0.3 is 15.4 Å². The quantitative estimate of drug-likeness (QED) is 0.751. The van der Waals surface area contributed by atoms with E-state index in [9.17, 15) is 4.79 Å². The topological polar surface area (TPSA) is 50.4 Å². The molecule has 0 aliphatic rings. The molecule has 24 heavy (non-hydrogen) atoms. The van der Waals surface area contributed by atoms with Gasteiger partial charge in [0.05, 0.1) is 12.6 Å². The Hall–Kier alpha value is -2.20. The van der Waals surface area contributed by atoms with Crippen LogP contribution < -0.4 is 15.4 Å². The lowest BCUT2D eigenvalue weighted by molar-refractivity contribution is -0.114. The molecule has 1 unspecified atom stereocenters. The van der Waals surface area contributed by atoms with Crippen molar-refractivity contribution in [3.05, 3.63) is 53.1 Å². The molecule has 2 aromatic carbocycles. The van der Waals surface area contributed by atoms with Crippen LogP contribution in [0.4, 0.5) is 11.4 Å². The SMILES string of the molecule is CCC(C)Oc1ccc(NCC(=O)Nc2cc(Cl)ccc2C)cc1. The van der Waals surface area contributed by atoms with E-state index in [0.717, 1.165) is 29.1 Å². The molecule has 0 aromatic heterocycles. The van der Waals surface area contributed by atoms with E-state index in [1.807, 2.05) is 44.2 Å². The molecule has 0 spiro atoms. The largest absolute Gasteiger partial charge is 0.491 e. The molecule has 0 heterocycles. The average Bonchev–Trinajstić information content (AvgIpc) is 2.57. The van der Waals surface area contributed by atoms with E-state index in [1.165, 1.54) is 0 Å². The molecule has 0 fully saturated rings. The van der Waals surface area contributed by atoms with Gasteiger partial charge in [0.15, 0.2) is 0 Å². The van der Waals surface area contributed by atoms with Gasteiger partial charge in [-0.15, -0.1) is 0 Å². The Morgan fingerprint density at radius 2 is 1.92 bits per heavy atom. The number of carbonyl (C=O) groups is 1. The van der Waals surface area contributed by atoms with Crippen molar-refractivity contribution < 1.29 is 9.53 Å². The summed E-state index contributed by atoms with van der Waals surface area (Å²) in [6.45, 7) is 6.22. The number of amides is 1. The van der Waals surface area contributed by atoms with E-state index in [4.69, 9.17) is 16.3 Å². The summed E-state index contributed by atoms with van der Waals surface area (Å²) in [5, 5.41) is 6.55. The highest BCUT2D eigenvalue weighted by Crippen LogP contribution is 2.20. The number of aryl methyl sites for hydroxylation is 1. The third-order valence-corrected chi connectivity index (χ3v) is 3.93. The Balaban J connectivity index is 1.86. The van der Waals surface area contributed by atoms with E-state index in [0.29, 0.717) is 5.02 Å². The van der Waals surface area contributed by atoms with Crippen LogP contribution in [0.2, 0.25) is 5.02 Å². The molecule has 1 amide bonds. The lowest BCUT2D eigenvalue weighted by Gasteiger charge is -2.13. The first-order valence-corrected chi connectivity index (χ1v) is 8.42. The normalized spacial score (nSPS) is 11.7. The van der Waals surface area contributed by atoms with Gasteiger partial charge in [0.2, 0.25) is 5.91 Å². The fourth-order valence-corrected chi connectivity index (χ4v) is 2.24. The van der Waals surface area contributed by atoms with Crippen LogP contribution in [-0.4, -0.2) is 18.6 Å². The van der Waals surface area contributed by atoms with Crippen LogP contribution in [-0.2, 0) is 4.79 Å². The molecule has 2 rings (SSSR count). The number of rotatable bonds is 7. The van der Waals surface area contributed by atoms with Gasteiger partial charge in [-0.3, -0.25) is 4.79 Å². The second-order valence-electron chi connectivity index (χ2n) is 5.72. The van der Waals surface area contributed by atoms with Crippen LogP contribution in [0.1, 0.15) is 25.8 Å². The smallest absolute Gasteiger partial charge is 0.243 e. The standard InChI is InChI=1S/C19H23ClN2O2/c1-4-14(3)24-17-9-7-16(8-10-17)21-12-19(23)22-18-11-15(20)6-5-13(18)2/h5-11,14,21H,4,12H2,1-3H3,(H,22,23). The highest BCUT2D eigenvalue weighted by Gasteiger charge is 2.06. The van der Waals surface area contributed by atoms with Crippen molar-refractivity contribution in [2.45, 2.75) is 33.3 Å². The molecule has 0 aliphatic heterocycles. The van der Waals surface area contributed by atoms with Gasteiger partial charge in [-0.2, -0.15) is 0 Å². The van der Waals surface area contributed by atoms with Crippen molar-refractivity contribution in [3.8, 4) is 5.75 Å². The zero-order chi connectivity index (χ0) is 17.5. The maximum absolute atomic E-state index is 12.1. The average molecular weight is 347 g/mol. The minimum absolute atomic E-state index is 0.125. The number of ether oxygens (including phenoxy) is 1. The molecule has 4 nitrogen and oxygen atoms in total. The molecular weight excluding hydrogens is 324 g/mol. The predicted octanol–water partition coefficient (Wildman–Crippen LogP) is 4.88. The van der Waals surface area contributed by atoms with Crippen molar-refractivity contribution in [1.29, 1.82) is 0 Å². The number of carbonyl (C=O) groups excluding carboxylic acids is 1. The van der Waals surface area contributed by atoms with Gasteiger partial charge in [0, 0.05) is 16.4 Å². The zero-order valence-electron chi connectivity index (χ0n) is 14.2. The number of benzene rings is 2. The van der Waals surface area contributed by atoms with Gasteiger partial charge in [0.25, 0.3) is 0 Å². The van der Waals surface area contributed by atoms with Gasteiger partial charge in [-0.25, -0.2) is 0 Å². The highest BCUT2D eigenvalue weighted by atomic mass is 35.5. The third kappa shape index (κ3) is 5.46. The molecule has 0 aliphatic carbocycles. The number of anilines is 2. The minimum atomic E-state index is -0.125. The molecular formula is C19H23ClN2O2. The van der Waals surface area contributed by atoms with Gasteiger partial charge in [0.1, 0.15) is 5.75 Å². The first-order chi connectivity index (χ1) is 11.5. The van der Waals surface area contributed by atoms with Crippen molar-refractivity contribution in [3.63, 3.8) is 0 Å². The first kappa shape index (κ1) is 18.1. The lowest BCUT2D eigenvalue weighted by atomic mass is 10.2. The Labute approximate surface area is 148 Å². The fourth-order valence-electron chi connectivity index (χ4n) is 2.07. The van der Waals surface area contributed by atoms with Crippen LogP contribution in [0.15, 0.2) is 42.5 Å². The molecule has 128 valence electrons. The monoisotopic (exact) mass is 346 g/mol. The Kier molecular flexibility index (Phi) is 6.50.